The van der Waals surface area contributed by atoms with Gasteiger partial charge in [-0.15, -0.1) is 0 Å². The molecule has 0 aliphatic rings. The fraction of sp³-hybridized carbons (Fsp3) is 0.267. The Hall–Kier alpha value is -2.42. The largest absolute Gasteiger partial charge is 0.467 e. The van der Waals surface area contributed by atoms with Crippen molar-refractivity contribution >= 4 is 5.69 Å². The van der Waals surface area contributed by atoms with Crippen molar-refractivity contribution in [2.75, 3.05) is 11.4 Å². The second-order valence-corrected chi connectivity index (χ2v) is 4.43. The Bertz CT molecular complexity index is 642. The maximum Gasteiger partial charge on any atom is 0.417 e. The summed E-state index contributed by atoms with van der Waals surface area (Å²) >= 11 is 0. The molecule has 0 amide bonds. The van der Waals surface area contributed by atoms with E-state index in [9.17, 15) is 13.2 Å². The van der Waals surface area contributed by atoms with E-state index in [1.54, 1.807) is 18.2 Å². The van der Waals surface area contributed by atoms with Gasteiger partial charge in [0, 0.05) is 12.2 Å². The number of alkyl halides is 3. The molecule has 0 radical (unpaired) electrons. The van der Waals surface area contributed by atoms with Gasteiger partial charge in [0.25, 0.3) is 0 Å². The third-order valence-corrected chi connectivity index (χ3v) is 3.10. The van der Waals surface area contributed by atoms with Crippen LogP contribution in [0.1, 0.15) is 23.8 Å². The smallest absolute Gasteiger partial charge is 0.417 e. The number of nitriles is 1. The molecule has 0 saturated heterocycles. The third-order valence-electron chi connectivity index (χ3n) is 3.10. The first-order valence-electron chi connectivity index (χ1n) is 6.34. The Morgan fingerprint density at radius 1 is 1.29 bits per heavy atom. The van der Waals surface area contributed by atoms with Gasteiger partial charge >= 0.3 is 6.18 Å². The maximum absolute atomic E-state index is 12.8. The standard InChI is InChI=1S/C15H13F3N2O/c1-2-20(10-13-4-3-7-21-13)12-5-6-14(15(16,17)18)11(8-12)9-19/h3-8H,2,10H2,1H3. The van der Waals surface area contributed by atoms with E-state index in [1.807, 2.05) is 11.8 Å². The summed E-state index contributed by atoms with van der Waals surface area (Å²) in [7, 11) is 0. The van der Waals surface area contributed by atoms with Crippen LogP contribution in [0.3, 0.4) is 0 Å². The second-order valence-electron chi connectivity index (χ2n) is 4.43. The Kier molecular flexibility index (Phi) is 4.22. The number of halogens is 3. The highest BCUT2D eigenvalue weighted by atomic mass is 19.4. The third kappa shape index (κ3) is 3.37. The summed E-state index contributed by atoms with van der Waals surface area (Å²) in [4.78, 5) is 1.83. The van der Waals surface area contributed by atoms with Crippen molar-refractivity contribution in [1.29, 1.82) is 5.26 Å². The van der Waals surface area contributed by atoms with Crippen molar-refractivity contribution in [3.63, 3.8) is 0 Å². The Morgan fingerprint density at radius 2 is 2.05 bits per heavy atom. The van der Waals surface area contributed by atoms with Gasteiger partial charge in [-0.1, -0.05) is 0 Å². The van der Waals surface area contributed by atoms with Crippen LogP contribution in [0.15, 0.2) is 41.0 Å². The molecule has 21 heavy (non-hydrogen) atoms. The molecule has 1 aromatic carbocycles. The number of rotatable bonds is 4. The fourth-order valence-electron chi connectivity index (χ4n) is 2.04. The van der Waals surface area contributed by atoms with Crippen molar-refractivity contribution in [3.8, 4) is 6.07 Å². The van der Waals surface area contributed by atoms with E-state index in [0.29, 0.717) is 24.5 Å². The highest BCUT2D eigenvalue weighted by molar-refractivity contribution is 5.55. The van der Waals surface area contributed by atoms with Crippen LogP contribution in [0, 0.1) is 11.3 Å². The van der Waals surface area contributed by atoms with Crippen molar-refractivity contribution in [2.45, 2.75) is 19.6 Å². The Balaban J connectivity index is 2.33. The van der Waals surface area contributed by atoms with Gasteiger partial charge in [0.15, 0.2) is 0 Å². The summed E-state index contributed by atoms with van der Waals surface area (Å²) in [6.45, 7) is 2.89. The summed E-state index contributed by atoms with van der Waals surface area (Å²) in [6, 6.07) is 8.72. The normalized spacial score (nSPS) is 11.2. The molecule has 2 aromatic rings. The minimum absolute atomic E-state index is 0.377. The van der Waals surface area contributed by atoms with Gasteiger partial charge in [0.2, 0.25) is 0 Å². The Labute approximate surface area is 120 Å². The van der Waals surface area contributed by atoms with Gasteiger partial charge in [-0.25, -0.2) is 0 Å². The zero-order valence-electron chi connectivity index (χ0n) is 11.3. The molecule has 0 bridgehead atoms. The molecule has 0 unspecified atom stereocenters. The molecule has 0 saturated carbocycles. The lowest BCUT2D eigenvalue weighted by Gasteiger charge is -2.23. The van der Waals surface area contributed by atoms with Crippen molar-refractivity contribution in [2.24, 2.45) is 0 Å². The molecule has 0 fully saturated rings. The molecule has 2 rings (SSSR count). The zero-order chi connectivity index (χ0) is 15.5. The van der Waals surface area contributed by atoms with Gasteiger partial charge in [0.05, 0.1) is 30.0 Å². The number of hydrogen-bond acceptors (Lipinski definition) is 3. The van der Waals surface area contributed by atoms with Crippen LogP contribution in [-0.4, -0.2) is 6.54 Å². The lowest BCUT2D eigenvalue weighted by Crippen LogP contribution is -2.22. The first-order valence-corrected chi connectivity index (χ1v) is 6.34. The van der Waals surface area contributed by atoms with E-state index in [1.165, 1.54) is 18.4 Å². The van der Waals surface area contributed by atoms with Crippen molar-refractivity contribution in [1.82, 2.24) is 0 Å². The summed E-state index contributed by atoms with van der Waals surface area (Å²) in [5.41, 5.74) is -0.737. The highest BCUT2D eigenvalue weighted by Crippen LogP contribution is 2.33. The lowest BCUT2D eigenvalue weighted by atomic mass is 10.1. The summed E-state index contributed by atoms with van der Waals surface area (Å²) in [5.74, 6) is 0.704. The summed E-state index contributed by atoms with van der Waals surface area (Å²) < 4.78 is 43.6. The molecular formula is C15H13F3N2O. The van der Waals surface area contributed by atoms with Gasteiger partial charge in [-0.2, -0.15) is 18.4 Å². The molecule has 3 nitrogen and oxygen atoms in total. The van der Waals surface area contributed by atoms with Crippen LogP contribution in [0.5, 0.6) is 0 Å². The molecule has 1 heterocycles. The minimum atomic E-state index is -4.53. The Morgan fingerprint density at radius 3 is 2.57 bits per heavy atom. The first-order chi connectivity index (χ1) is 9.95. The van der Waals surface area contributed by atoms with E-state index in [0.717, 1.165) is 6.07 Å². The van der Waals surface area contributed by atoms with Crippen LogP contribution < -0.4 is 4.90 Å². The molecule has 0 aliphatic heterocycles. The maximum atomic E-state index is 12.8. The van der Waals surface area contributed by atoms with Gasteiger partial charge in [0.1, 0.15) is 5.76 Å². The van der Waals surface area contributed by atoms with Crippen LogP contribution in [0.2, 0.25) is 0 Å². The molecule has 0 atom stereocenters. The van der Waals surface area contributed by atoms with Crippen LogP contribution in [0.25, 0.3) is 0 Å². The quantitative estimate of drug-likeness (QED) is 0.848. The number of furan rings is 1. The van der Waals surface area contributed by atoms with Crippen LogP contribution in [0.4, 0.5) is 18.9 Å². The monoisotopic (exact) mass is 294 g/mol. The van der Waals surface area contributed by atoms with Gasteiger partial charge in [-0.3, -0.25) is 0 Å². The van der Waals surface area contributed by atoms with Crippen molar-refractivity contribution < 1.29 is 17.6 Å². The van der Waals surface area contributed by atoms with E-state index in [2.05, 4.69) is 0 Å². The van der Waals surface area contributed by atoms with E-state index in [4.69, 9.17) is 9.68 Å². The van der Waals surface area contributed by atoms with Crippen molar-refractivity contribution in [3.05, 3.63) is 53.5 Å². The van der Waals surface area contributed by atoms with E-state index in [-0.39, 0.29) is 5.56 Å². The number of anilines is 1. The summed E-state index contributed by atoms with van der Waals surface area (Å²) in [5, 5.41) is 8.93. The number of nitrogens with zero attached hydrogens (tertiary/aromatic N) is 2. The minimum Gasteiger partial charge on any atom is -0.467 e. The molecule has 6 heteroatoms. The van der Waals surface area contributed by atoms with Crippen LogP contribution >= 0.6 is 0 Å². The lowest BCUT2D eigenvalue weighted by molar-refractivity contribution is -0.137. The summed E-state index contributed by atoms with van der Waals surface area (Å²) in [6.07, 6.45) is -2.99. The molecule has 0 spiro atoms. The topological polar surface area (TPSA) is 40.2 Å². The number of hydrogen-bond donors (Lipinski definition) is 0. The van der Waals surface area contributed by atoms with Gasteiger partial charge in [-0.05, 0) is 37.3 Å². The predicted octanol–water partition coefficient (Wildman–Crippen LogP) is 4.20. The van der Waals surface area contributed by atoms with Crippen LogP contribution in [-0.2, 0) is 12.7 Å². The molecule has 0 N–H and O–H groups in total. The average Bonchev–Trinajstić information content (AvgIpc) is 2.96. The van der Waals surface area contributed by atoms with E-state index >= 15 is 0 Å². The zero-order valence-corrected chi connectivity index (χ0v) is 11.3. The second kappa shape index (κ2) is 5.92. The molecule has 110 valence electrons. The first kappa shape index (κ1) is 15.0. The molecule has 1 aromatic heterocycles. The average molecular weight is 294 g/mol. The fourth-order valence-corrected chi connectivity index (χ4v) is 2.04. The van der Waals surface area contributed by atoms with Gasteiger partial charge < -0.3 is 9.32 Å². The molecule has 0 aliphatic carbocycles. The predicted molar refractivity (Wildman–Crippen MR) is 71.6 cm³/mol. The van der Waals surface area contributed by atoms with E-state index < -0.39 is 11.7 Å². The SMILES string of the molecule is CCN(Cc1ccco1)c1ccc(C(F)(F)F)c(C#N)c1. The number of benzene rings is 1. The highest BCUT2D eigenvalue weighted by Gasteiger charge is 2.33. The molecular weight excluding hydrogens is 281 g/mol.